The van der Waals surface area contributed by atoms with Gasteiger partial charge < -0.3 is 14.4 Å². The Morgan fingerprint density at radius 3 is 2.30 bits per heavy atom. The SMILES string of the molecule is COCC1(OC)CN(C)C1. The molecule has 1 saturated heterocycles. The minimum absolute atomic E-state index is 0.0104. The third-order valence-corrected chi connectivity index (χ3v) is 1.96. The zero-order chi connectivity index (χ0) is 7.61. The van der Waals surface area contributed by atoms with Gasteiger partial charge in [-0.25, -0.2) is 0 Å². The Morgan fingerprint density at radius 2 is 2.00 bits per heavy atom. The van der Waals surface area contributed by atoms with Gasteiger partial charge in [-0.15, -0.1) is 0 Å². The van der Waals surface area contributed by atoms with Crippen LogP contribution in [0.15, 0.2) is 0 Å². The standard InChI is InChI=1S/C7H15NO2/c1-8-4-7(5-8,10-3)6-9-2/h4-6H2,1-3H3. The number of hydrogen-bond donors (Lipinski definition) is 0. The van der Waals surface area contributed by atoms with Gasteiger partial charge in [-0.1, -0.05) is 0 Å². The highest BCUT2D eigenvalue weighted by Crippen LogP contribution is 2.22. The Bertz CT molecular complexity index is 105. The predicted molar refractivity (Wildman–Crippen MR) is 39.1 cm³/mol. The van der Waals surface area contributed by atoms with Gasteiger partial charge in [-0.3, -0.25) is 0 Å². The Morgan fingerprint density at radius 1 is 1.40 bits per heavy atom. The summed E-state index contributed by atoms with van der Waals surface area (Å²) < 4.78 is 10.4. The highest BCUT2D eigenvalue weighted by atomic mass is 16.5. The smallest absolute Gasteiger partial charge is 0.116 e. The molecule has 0 saturated carbocycles. The van der Waals surface area contributed by atoms with Gasteiger partial charge in [0, 0.05) is 27.3 Å². The number of ether oxygens (including phenoxy) is 2. The van der Waals surface area contributed by atoms with Gasteiger partial charge >= 0.3 is 0 Å². The topological polar surface area (TPSA) is 21.7 Å². The van der Waals surface area contributed by atoms with Gasteiger partial charge in [0.05, 0.1) is 6.61 Å². The summed E-state index contributed by atoms with van der Waals surface area (Å²) in [5, 5.41) is 0. The van der Waals surface area contributed by atoms with E-state index in [0.29, 0.717) is 6.61 Å². The number of rotatable bonds is 3. The summed E-state index contributed by atoms with van der Waals surface area (Å²) in [5.74, 6) is 0. The molecule has 1 aliphatic heterocycles. The summed E-state index contributed by atoms with van der Waals surface area (Å²) in [7, 11) is 5.53. The molecule has 0 aromatic carbocycles. The minimum Gasteiger partial charge on any atom is -0.382 e. The van der Waals surface area contributed by atoms with Crippen LogP contribution >= 0.6 is 0 Å². The largest absolute Gasteiger partial charge is 0.382 e. The fourth-order valence-electron chi connectivity index (χ4n) is 1.48. The Kier molecular flexibility index (Phi) is 2.28. The monoisotopic (exact) mass is 145 g/mol. The van der Waals surface area contributed by atoms with Gasteiger partial charge in [-0.05, 0) is 7.05 Å². The van der Waals surface area contributed by atoms with E-state index < -0.39 is 0 Å². The highest BCUT2D eigenvalue weighted by molar-refractivity contribution is 4.95. The third kappa shape index (κ3) is 1.31. The predicted octanol–water partition coefficient (Wildman–Crippen LogP) is -0.0366. The van der Waals surface area contributed by atoms with E-state index >= 15 is 0 Å². The van der Waals surface area contributed by atoms with Crippen LogP contribution in [0.4, 0.5) is 0 Å². The Hall–Kier alpha value is -0.120. The molecule has 0 bridgehead atoms. The van der Waals surface area contributed by atoms with Crippen molar-refractivity contribution in [3.05, 3.63) is 0 Å². The quantitative estimate of drug-likeness (QED) is 0.556. The molecular weight excluding hydrogens is 130 g/mol. The van der Waals surface area contributed by atoms with Gasteiger partial charge in [0.15, 0.2) is 0 Å². The first-order valence-electron chi connectivity index (χ1n) is 3.45. The van der Waals surface area contributed by atoms with E-state index in [-0.39, 0.29) is 5.60 Å². The lowest BCUT2D eigenvalue weighted by Gasteiger charge is -2.46. The van der Waals surface area contributed by atoms with Crippen molar-refractivity contribution >= 4 is 0 Å². The molecule has 0 spiro atoms. The van der Waals surface area contributed by atoms with Crippen molar-refractivity contribution in [2.75, 3.05) is 41.0 Å². The fraction of sp³-hybridized carbons (Fsp3) is 1.00. The molecule has 3 heteroatoms. The van der Waals surface area contributed by atoms with Crippen molar-refractivity contribution in [3.63, 3.8) is 0 Å². The molecule has 0 radical (unpaired) electrons. The van der Waals surface area contributed by atoms with Gasteiger partial charge in [0.25, 0.3) is 0 Å². The van der Waals surface area contributed by atoms with Crippen molar-refractivity contribution < 1.29 is 9.47 Å². The number of likely N-dealkylation sites (N-methyl/N-ethyl adjacent to an activating group) is 1. The van der Waals surface area contributed by atoms with Crippen LogP contribution in [0.25, 0.3) is 0 Å². The van der Waals surface area contributed by atoms with Crippen molar-refractivity contribution in [2.24, 2.45) is 0 Å². The maximum absolute atomic E-state index is 5.32. The first-order valence-corrected chi connectivity index (χ1v) is 3.45. The van der Waals surface area contributed by atoms with Crippen LogP contribution in [0.3, 0.4) is 0 Å². The molecule has 0 atom stereocenters. The Balaban J connectivity index is 2.32. The zero-order valence-corrected chi connectivity index (χ0v) is 6.89. The van der Waals surface area contributed by atoms with Crippen molar-refractivity contribution in [1.29, 1.82) is 0 Å². The molecular formula is C7H15NO2. The lowest BCUT2D eigenvalue weighted by molar-refractivity contribution is -0.146. The average molecular weight is 145 g/mol. The van der Waals surface area contributed by atoms with E-state index in [0.717, 1.165) is 13.1 Å². The number of methoxy groups -OCH3 is 2. The van der Waals surface area contributed by atoms with E-state index in [1.807, 2.05) is 0 Å². The normalized spacial score (nSPS) is 24.3. The van der Waals surface area contributed by atoms with Gasteiger partial charge in [-0.2, -0.15) is 0 Å². The van der Waals surface area contributed by atoms with E-state index in [1.165, 1.54) is 0 Å². The first kappa shape index (κ1) is 7.98. The van der Waals surface area contributed by atoms with Crippen molar-refractivity contribution in [3.8, 4) is 0 Å². The first-order chi connectivity index (χ1) is 4.72. The van der Waals surface area contributed by atoms with Crippen LogP contribution in [0.2, 0.25) is 0 Å². The molecule has 3 nitrogen and oxygen atoms in total. The number of hydrogen-bond acceptors (Lipinski definition) is 3. The van der Waals surface area contributed by atoms with E-state index in [2.05, 4.69) is 11.9 Å². The summed E-state index contributed by atoms with van der Waals surface area (Å²) in [6.07, 6.45) is 0. The second-order valence-electron chi connectivity index (χ2n) is 2.99. The second-order valence-corrected chi connectivity index (χ2v) is 2.99. The molecule has 0 aliphatic carbocycles. The van der Waals surface area contributed by atoms with Crippen LogP contribution in [-0.2, 0) is 9.47 Å². The maximum atomic E-state index is 5.32. The van der Waals surface area contributed by atoms with E-state index in [9.17, 15) is 0 Å². The number of likely N-dealkylation sites (tertiary alicyclic amines) is 1. The molecule has 1 aliphatic rings. The lowest BCUT2D eigenvalue weighted by atomic mass is 9.96. The van der Waals surface area contributed by atoms with Gasteiger partial charge in [0.2, 0.25) is 0 Å². The van der Waals surface area contributed by atoms with Crippen LogP contribution in [0, 0.1) is 0 Å². The molecule has 0 aromatic heterocycles. The molecule has 0 amide bonds. The Labute approximate surface area is 61.9 Å². The summed E-state index contributed by atoms with van der Waals surface area (Å²) in [6.45, 7) is 2.67. The summed E-state index contributed by atoms with van der Waals surface area (Å²) >= 11 is 0. The molecule has 1 rings (SSSR count). The minimum atomic E-state index is -0.0104. The van der Waals surface area contributed by atoms with Gasteiger partial charge in [0.1, 0.15) is 5.60 Å². The van der Waals surface area contributed by atoms with Crippen molar-refractivity contribution in [1.82, 2.24) is 4.90 Å². The maximum Gasteiger partial charge on any atom is 0.116 e. The summed E-state index contributed by atoms with van der Waals surface area (Å²) in [4.78, 5) is 2.21. The number of nitrogens with zero attached hydrogens (tertiary/aromatic N) is 1. The fourth-order valence-corrected chi connectivity index (χ4v) is 1.48. The molecule has 1 fully saturated rings. The van der Waals surface area contributed by atoms with Crippen LogP contribution < -0.4 is 0 Å². The van der Waals surface area contributed by atoms with Crippen molar-refractivity contribution in [2.45, 2.75) is 5.60 Å². The summed E-state index contributed by atoms with van der Waals surface area (Å²) in [6, 6.07) is 0. The average Bonchev–Trinajstić information content (AvgIpc) is 1.84. The van der Waals surface area contributed by atoms with Crippen LogP contribution in [0.1, 0.15) is 0 Å². The van der Waals surface area contributed by atoms with E-state index in [1.54, 1.807) is 14.2 Å². The molecule has 0 unspecified atom stereocenters. The zero-order valence-electron chi connectivity index (χ0n) is 6.89. The highest BCUT2D eigenvalue weighted by Gasteiger charge is 2.41. The molecule has 0 N–H and O–H groups in total. The van der Waals surface area contributed by atoms with Crippen LogP contribution in [0.5, 0.6) is 0 Å². The van der Waals surface area contributed by atoms with Crippen LogP contribution in [-0.4, -0.2) is 51.5 Å². The lowest BCUT2D eigenvalue weighted by Crippen LogP contribution is -2.63. The third-order valence-electron chi connectivity index (χ3n) is 1.96. The van der Waals surface area contributed by atoms with E-state index in [4.69, 9.17) is 9.47 Å². The molecule has 60 valence electrons. The summed E-state index contributed by atoms with van der Waals surface area (Å²) in [5.41, 5.74) is -0.0104. The molecule has 0 aromatic rings. The second kappa shape index (κ2) is 2.86. The molecule has 10 heavy (non-hydrogen) atoms. The molecule has 1 heterocycles.